The molecule has 0 saturated heterocycles. The number of aromatic carboxylic acids is 1. The number of hydrogen-bond donors (Lipinski definition) is 6. The second-order valence-corrected chi connectivity index (χ2v) is 5.26. The van der Waals surface area contributed by atoms with Crippen LogP contribution in [0.1, 0.15) is 16.1 Å². The van der Waals surface area contributed by atoms with Crippen LogP contribution in [-0.2, 0) is 5.79 Å². The molecule has 3 rings (SSSR count). The highest BCUT2D eigenvalue weighted by molar-refractivity contribution is 5.98. The summed E-state index contributed by atoms with van der Waals surface area (Å²) in [6.07, 6.45) is 1.14. The standard InChI is InChI=1S/C15H15N5O3/c16-15(17,18)13-9(7-4-2-1-3-5-7)10-11(20-13)12(21)8(6-19-10)14(22)23/h1-6,20H,16-18H2,(H,19,21)(H,22,23). The Morgan fingerprint density at radius 3 is 2.30 bits per heavy atom. The van der Waals surface area contributed by atoms with E-state index in [2.05, 4.69) is 9.97 Å². The Balaban J connectivity index is 2.44. The smallest absolute Gasteiger partial charge is 0.341 e. The summed E-state index contributed by atoms with van der Waals surface area (Å²) in [6, 6.07) is 9.08. The second kappa shape index (κ2) is 5.06. The normalized spacial score (nSPS) is 11.8. The van der Waals surface area contributed by atoms with Crippen LogP contribution in [0.2, 0.25) is 0 Å². The summed E-state index contributed by atoms with van der Waals surface area (Å²) < 4.78 is 0. The molecule has 0 radical (unpaired) electrons. The average Bonchev–Trinajstić information content (AvgIpc) is 2.88. The van der Waals surface area contributed by atoms with E-state index in [9.17, 15) is 9.59 Å². The first kappa shape index (κ1) is 15.0. The van der Waals surface area contributed by atoms with Gasteiger partial charge in [-0.3, -0.25) is 22.0 Å². The van der Waals surface area contributed by atoms with Gasteiger partial charge >= 0.3 is 5.97 Å². The van der Waals surface area contributed by atoms with Crippen molar-refractivity contribution >= 4 is 17.0 Å². The Labute approximate surface area is 129 Å². The van der Waals surface area contributed by atoms with Gasteiger partial charge in [0.1, 0.15) is 11.1 Å². The number of nitrogens with two attached hydrogens (primary N) is 3. The summed E-state index contributed by atoms with van der Waals surface area (Å²) in [5.74, 6) is -3.06. The first-order valence-electron chi connectivity index (χ1n) is 6.74. The minimum absolute atomic E-state index is 0.0597. The second-order valence-electron chi connectivity index (χ2n) is 5.26. The molecule has 0 spiro atoms. The van der Waals surface area contributed by atoms with Crippen LogP contribution in [0.15, 0.2) is 41.3 Å². The van der Waals surface area contributed by atoms with Crippen molar-refractivity contribution in [1.82, 2.24) is 9.97 Å². The van der Waals surface area contributed by atoms with Gasteiger partial charge in [0.05, 0.1) is 11.2 Å². The third kappa shape index (κ3) is 2.40. The highest BCUT2D eigenvalue weighted by Gasteiger charge is 2.27. The molecule has 0 saturated carbocycles. The van der Waals surface area contributed by atoms with Gasteiger partial charge in [-0.05, 0) is 5.56 Å². The number of fused-ring (bicyclic) bond motifs is 1. The number of benzene rings is 1. The fraction of sp³-hybridized carbons (Fsp3) is 0.0667. The van der Waals surface area contributed by atoms with Crippen LogP contribution in [0.4, 0.5) is 0 Å². The molecular formula is C15H15N5O3. The lowest BCUT2D eigenvalue weighted by Crippen LogP contribution is -2.55. The van der Waals surface area contributed by atoms with Gasteiger partial charge in [-0.15, -0.1) is 0 Å². The van der Waals surface area contributed by atoms with Crippen molar-refractivity contribution in [2.75, 3.05) is 0 Å². The molecule has 0 atom stereocenters. The number of rotatable bonds is 3. The molecule has 1 aromatic carbocycles. The molecule has 9 N–H and O–H groups in total. The summed E-state index contributed by atoms with van der Waals surface area (Å²) in [7, 11) is 0. The molecule has 0 amide bonds. The van der Waals surface area contributed by atoms with Crippen LogP contribution in [0.5, 0.6) is 0 Å². The van der Waals surface area contributed by atoms with Crippen molar-refractivity contribution in [3.63, 3.8) is 0 Å². The maximum Gasteiger partial charge on any atom is 0.341 e. The zero-order valence-corrected chi connectivity index (χ0v) is 12.0. The molecule has 2 aromatic heterocycles. The van der Waals surface area contributed by atoms with E-state index in [0.717, 1.165) is 11.8 Å². The van der Waals surface area contributed by atoms with E-state index in [-0.39, 0.29) is 16.8 Å². The Morgan fingerprint density at radius 2 is 1.74 bits per heavy atom. The lowest BCUT2D eigenvalue weighted by molar-refractivity contribution is 0.0695. The molecule has 0 unspecified atom stereocenters. The van der Waals surface area contributed by atoms with Gasteiger partial charge in [0.25, 0.3) is 0 Å². The Bertz CT molecular complexity index is 951. The van der Waals surface area contributed by atoms with Crippen LogP contribution in [0.25, 0.3) is 22.2 Å². The van der Waals surface area contributed by atoms with E-state index in [1.165, 1.54) is 0 Å². The zero-order chi connectivity index (χ0) is 16.8. The molecule has 23 heavy (non-hydrogen) atoms. The molecule has 3 aromatic rings. The van der Waals surface area contributed by atoms with Crippen LogP contribution >= 0.6 is 0 Å². The van der Waals surface area contributed by atoms with Gasteiger partial charge in [-0.1, -0.05) is 30.3 Å². The molecule has 0 bridgehead atoms. The molecule has 118 valence electrons. The molecule has 8 heteroatoms. The molecule has 2 heterocycles. The van der Waals surface area contributed by atoms with Crippen molar-refractivity contribution in [3.05, 3.63) is 58.0 Å². The highest BCUT2D eigenvalue weighted by atomic mass is 16.4. The number of carboxylic acid groups (broad SMARTS) is 1. The van der Waals surface area contributed by atoms with Crippen molar-refractivity contribution in [1.29, 1.82) is 0 Å². The maximum atomic E-state index is 12.3. The van der Waals surface area contributed by atoms with Crippen molar-refractivity contribution in [3.8, 4) is 11.1 Å². The molecular weight excluding hydrogens is 298 g/mol. The molecule has 8 nitrogen and oxygen atoms in total. The van der Waals surface area contributed by atoms with Gasteiger partial charge in [-0.2, -0.15) is 0 Å². The predicted octanol–water partition coefficient (Wildman–Crippen LogP) is 0.208. The van der Waals surface area contributed by atoms with Crippen LogP contribution in [0, 0.1) is 0 Å². The van der Waals surface area contributed by atoms with E-state index < -0.39 is 17.2 Å². The van der Waals surface area contributed by atoms with Crippen LogP contribution in [0.3, 0.4) is 0 Å². The average molecular weight is 313 g/mol. The number of aromatic amines is 2. The van der Waals surface area contributed by atoms with E-state index in [1.54, 1.807) is 12.1 Å². The lowest BCUT2D eigenvalue weighted by Gasteiger charge is -2.19. The summed E-state index contributed by atoms with van der Waals surface area (Å²) in [4.78, 5) is 29.1. The Hall–Kier alpha value is -2.94. The van der Waals surface area contributed by atoms with E-state index in [0.29, 0.717) is 11.1 Å². The minimum Gasteiger partial charge on any atom is -0.477 e. The number of hydrogen-bond acceptors (Lipinski definition) is 5. The fourth-order valence-electron chi connectivity index (χ4n) is 2.54. The third-order valence-electron chi connectivity index (χ3n) is 3.56. The van der Waals surface area contributed by atoms with Gasteiger partial charge < -0.3 is 15.1 Å². The number of carbonyl (C=O) groups is 1. The van der Waals surface area contributed by atoms with Gasteiger partial charge in [-0.25, -0.2) is 4.79 Å². The van der Waals surface area contributed by atoms with Gasteiger partial charge in [0, 0.05) is 11.8 Å². The van der Waals surface area contributed by atoms with Crippen molar-refractivity contribution in [2.45, 2.75) is 5.79 Å². The summed E-state index contributed by atoms with van der Waals surface area (Å²) in [5.41, 5.74) is 18.3. The van der Waals surface area contributed by atoms with Gasteiger partial charge in [0.15, 0.2) is 5.79 Å². The lowest BCUT2D eigenvalue weighted by atomic mass is 10.0. The van der Waals surface area contributed by atoms with Crippen LogP contribution < -0.4 is 22.6 Å². The first-order valence-corrected chi connectivity index (χ1v) is 6.74. The number of aromatic nitrogens is 2. The topological polar surface area (TPSA) is 164 Å². The van der Waals surface area contributed by atoms with E-state index >= 15 is 0 Å². The van der Waals surface area contributed by atoms with Gasteiger partial charge in [0.2, 0.25) is 5.43 Å². The number of carboxylic acids is 1. The highest BCUT2D eigenvalue weighted by Crippen LogP contribution is 2.32. The number of nitrogens with one attached hydrogen (secondary N) is 2. The quantitative estimate of drug-likeness (QED) is 0.378. The largest absolute Gasteiger partial charge is 0.477 e. The predicted molar refractivity (Wildman–Crippen MR) is 85.6 cm³/mol. The molecule has 0 aliphatic carbocycles. The summed E-state index contributed by atoms with van der Waals surface area (Å²) in [5, 5.41) is 9.07. The molecule has 0 fully saturated rings. The maximum absolute atomic E-state index is 12.3. The first-order chi connectivity index (χ1) is 10.8. The number of H-pyrrole nitrogens is 2. The summed E-state index contributed by atoms with van der Waals surface area (Å²) in [6.45, 7) is 0. The van der Waals surface area contributed by atoms with Crippen molar-refractivity contribution in [2.24, 2.45) is 17.2 Å². The molecule has 0 aliphatic heterocycles. The van der Waals surface area contributed by atoms with Crippen LogP contribution in [-0.4, -0.2) is 21.0 Å². The number of pyridine rings is 1. The Kier molecular flexibility index (Phi) is 3.29. The zero-order valence-electron chi connectivity index (χ0n) is 12.0. The monoisotopic (exact) mass is 313 g/mol. The Morgan fingerprint density at radius 1 is 1.09 bits per heavy atom. The van der Waals surface area contributed by atoms with Crippen molar-refractivity contribution < 1.29 is 9.90 Å². The molecule has 0 aliphatic rings. The third-order valence-corrected chi connectivity index (χ3v) is 3.56. The van der Waals surface area contributed by atoms with E-state index in [4.69, 9.17) is 22.3 Å². The SMILES string of the molecule is NC(N)(N)c1[nH]c2c(=O)c(C(=O)O)c[nH]c2c1-c1ccccc1. The van der Waals surface area contributed by atoms with E-state index in [1.807, 2.05) is 18.2 Å². The summed E-state index contributed by atoms with van der Waals surface area (Å²) >= 11 is 0. The minimum atomic E-state index is -1.73. The fourth-order valence-corrected chi connectivity index (χ4v) is 2.54.